The van der Waals surface area contributed by atoms with E-state index in [0.29, 0.717) is 13.1 Å². The van der Waals surface area contributed by atoms with Crippen LogP contribution in [0.25, 0.3) is 0 Å². The summed E-state index contributed by atoms with van der Waals surface area (Å²) >= 11 is 0. The van der Waals surface area contributed by atoms with E-state index in [1.807, 2.05) is 0 Å². The summed E-state index contributed by atoms with van der Waals surface area (Å²) in [6.45, 7) is 9.99. The lowest BCUT2D eigenvalue weighted by atomic mass is 10.2. The zero-order valence-electron chi connectivity index (χ0n) is 11.6. The van der Waals surface area contributed by atoms with Crippen LogP contribution in [0.2, 0.25) is 0 Å². The van der Waals surface area contributed by atoms with Gasteiger partial charge in [-0.25, -0.2) is 4.79 Å². The van der Waals surface area contributed by atoms with Crippen molar-refractivity contribution in [3.63, 3.8) is 0 Å². The highest BCUT2D eigenvalue weighted by atomic mass is 16.6. The standard InChI is InChI=1S/C12H23N3O3/c1-9(14-11(17)18-12(2,3)4)10(16)15-7-5-13-6-8-15/h9,13H,5-8H2,1-4H3,(H,14,17). The molecule has 0 radical (unpaired) electrons. The quantitative estimate of drug-likeness (QED) is 0.748. The SMILES string of the molecule is CC(NC(=O)OC(C)(C)C)C(=O)N1CCNCC1. The molecule has 2 N–H and O–H groups in total. The molecule has 0 aliphatic carbocycles. The Morgan fingerprint density at radius 3 is 2.33 bits per heavy atom. The molecule has 1 saturated heterocycles. The van der Waals surface area contributed by atoms with E-state index in [9.17, 15) is 9.59 Å². The Bertz CT molecular complexity index is 306. The summed E-state index contributed by atoms with van der Waals surface area (Å²) in [5, 5.41) is 5.74. The topological polar surface area (TPSA) is 70.7 Å². The average Bonchev–Trinajstić information content (AvgIpc) is 2.26. The number of alkyl carbamates (subject to hydrolysis) is 1. The van der Waals surface area contributed by atoms with Gasteiger partial charge in [0.2, 0.25) is 5.91 Å². The first kappa shape index (κ1) is 14.8. The van der Waals surface area contributed by atoms with Crippen LogP contribution in [0.1, 0.15) is 27.7 Å². The third-order valence-electron chi connectivity index (χ3n) is 2.53. The number of amides is 2. The molecule has 2 amide bonds. The number of nitrogens with zero attached hydrogens (tertiary/aromatic N) is 1. The molecule has 0 aromatic heterocycles. The molecule has 0 aromatic carbocycles. The van der Waals surface area contributed by atoms with Crippen molar-refractivity contribution < 1.29 is 14.3 Å². The number of piperazine rings is 1. The van der Waals surface area contributed by atoms with Crippen LogP contribution in [0.3, 0.4) is 0 Å². The van der Waals surface area contributed by atoms with E-state index in [0.717, 1.165) is 13.1 Å². The molecule has 1 unspecified atom stereocenters. The Morgan fingerprint density at radius 2 is 1.83 bits per heavy atom. The van der Waals surface area contributed by atoms with Crippen LogP contribution in [0.15, 0.2) is 0 Å². The Labute approximate surface area is 108 Å². The number of hydrogen-bond acceptors (Lipinski definition) is 4. The first-order chi connectivity index (χ1) is 8.29. The first-order valence-corrected chi connectivity index (χ1v) is 6.28. The third kappa shape index (κ3) is 4.91. The van der Waals surface area contributed by atoms with Gasteiger partial charge in [-0.1, -0.05) is 0 Å². The van der Waals surface area contributed by atoms with Crippen molar-refractivity contribution in [2.75, 3.05) is 26.2 Å². The van der Waals surface area contributed by atoms with Crippen molar-refractivity contribution in [2.45, 2.75) is 39.3 Å². The lowest BCUT2D eigenvalue weighted by molar-refractivity contribution is -0.133. The van der Waals surface area contributed by atoms with Crippen molar-refractivity contribution in [3.8, 4) is 0 Å². The number of carbonyl (C=O) groups is 2. The molecule has 1 fully saturated rings. The minimum Gasteiger partial charge on any atom is -0.444 e. The highest BCUT2D eigenvalue weighted by Crippen LogP contribution is 2.07. The van der Waals surface area contributed by atoms with E-state index in [1.54, 1.807) is 32.6 Å². The maximum atomic E-state index is 12.0. The van der Waals surface area contributed by atoms with E-state index in [2.05, 4.69) is 10.6 Å². The Hall–Kier alpha value is -1.30. The molecule has 1 atom stereocenters. The minimum absolute atomic E-state index is 0.0673. The van der Waals surface area contributed by atoms with E-state index in [4.69, 9.17) is 4.74 Å². The Balaban J connectivity index is 2.41. The average molecular weight is 257 g/mol. The molecule has 1 aliphatic rings. The minimum atomic E-state index is -0.557. The van der Waals surface area contributed by atoms with Gasteiger partial charge in [-0.05, 0) is 27.7 Å². The zero-order valence-corrected chi connectivity index (χ0v) is 11.6. The highest BCUT2D eigenvalue weighted by molar-refractivity contribution is 5.85. The van der Waals surface area contributed by atoms with Gasteiger partial charge in [0.15, 0.2) is 0 Å². The fourth-order valence-electron chi connectivity index (χ4n) is 1.71. The second kappa shape index (κ2) is 6.04. The Kier molecular flexibility index (Phi) is 4.95. The van der Waals surface area contributed by atoms with Crippen molar-refractivity contribution in [1.82, 2.24) is 15.5 Å². The molecule has 1 heterocycles. The van der Waals surface area contributed by atoms with Crippen LogP contribution in [-0.4, -0.2) is 54.7 Å². The summed E-state index contributed by atoms with van der Waals surface area (Å²) in [6, 6.07) is -0.557. The predicted molar refractivity (Wildman–Crippen MR) is 68.3 cm³/mol. The molecule has 0 saturated carbocycles. The van der Waals surface area contributed by atoms with Gasteiger partial charge in [0.25, 0.3) is 0 Å². The normalized spacial score (nSPS) is 18.1. The molecular weight excluding hydrogens is 234 g/mol. The van der Waals surface area contributed by atoms with Gasteiger partial charge in [0.1, 0.15) is 11.6 Å². The van der Waals surface area contributed by atoms with Gasteiger partial charge < -0.3 is 20.3 Å². The second-order valence-electron chi connectivity index (χ2n) is 5.44. The molecule has 1 rings (SSSR count). The van der Waals surface area contributed by atoms with Crippen LogP contribution >= 0.6 is 0 Å². The summed E-state index contributed by atoms with van der Waals surface area (Å²) in [5.41, 5.74) is -0.554. The summed E-state index contributed by atoms with van der Waals surface area (Å²) in [5.74, 6) is -0.0673. The van der Waals surface area contributed by atoms with E-state index in [-0.39, 0.29) is 5.91 Å². The van der Waals surface area contributed by atoms with Crippen molar-refractivity contribution in [1.29, 1.82) is 0 Å². The molecule has 6 nitrogen and oxygen atoms in total. The third-order valence-corrected chi connectivity index (χ3v) is 2.53. The van der Waals surface area contributed by atoms with Gasteiger partial charge >= 0.3 is 6.09 Å². The molecule has 18 heavy (non-hydrogen) atoms. The van der Waals surface area contributed by atoms with E-state index >= 15 is 0 Å². The number of nitrogens with one attached hydrogen (secondary N) is 2. The monoisotopic (exact) mass is 257 g/mol. The van der Waals surface area contributed by atoms with Gasteiger partial charge in [0, 0.05) is 26.2 Å². The number of rotatable bonds is 2. The van der Waals surface area contributed by atoms with E-state index < -0.39 is 17.7 Å². The van der Waals surface area contributed by atoms with Crippen molar-refractivity contribution >= 4 is 12.0 Å². The lowest BCUT2D eigenvalue weighted by Gasteiger charge is -2.30. The van der Waals surface area contributed by atoms with Gasteiger partial charge in [-0.3, -0.25) is 4.79 Å². The molecule has 0 spiro atoms. The summed E-state index contributed by atoms with van der Waals surface area (Å²) in [7, 11) is 0. The molecule has 6 heteroatoms. The van der Waals surface area contributed by atoms with Crippen molar-refractivity contribution in [2.24, 2.45) is 0 Å². The van der Waals surface area contributed by atoms with E-state index in [1.165, 1.54) is 0 Å². The van der Waals surface area contributed by atoms with Gasteiger partial charge in [-0.15, -0.1) is 0 Å². The molecule has 0 aromatic rings. The predicted octanol–water partition coefficient (Wildman–Crippen LogP) is 0.331. The lowest BCUT2D eigenvalue weighted by Crippen LogP contribution is -2.53. The summed E-state index contributed by atoms with van der Waals surface area (Å²) < 4.78 is 5.11. The number of hydrogen-bond donors (Lipinski definition) is 2. The highest BCUT2D eigenvalue weighted by Gasteiger charge is 2.25. The molecule has 0 bridgehead atoms. The Morgan fingerprint density at radius 1 is 1.28 bits per heavy atom. The fraction of sp³-hybridized carbons (Fsp3) is 0.833. The molecular formula is C12H23N3O3. The van der Waals surface area contributed by atoms with Crippen LogP contribution < -0.4 is 10.6 Å². The van der Waals surface area contributed by atoms with Gasteiger partial charge in [0.05, 0.1) is 0 Å². The zero-order chi connectivity index (χ0) is 13.8. The summed E-state index contributed by atoms with van der Waals surface area (Å²) in [6.07, 6.45) is -0.557. The second-order valence-corrected chi connectivity index (χ2v) is 5.44. The molecule has 104 valence electrons. The molecule has 1 aliphatic heterocycles. The maximum Gasteiger partial charge on any atom is 0.408 e. The van der Waals surface area contributed by atoms with Crippen LogP contribution in [0.4, 0.5) is 4.79 Å². The smallest absolute Gasteiger partial charge is 0.408 e. The number of ether oxygens (including phenoxy) is 1. The maximum absolute atomic E-state index is 12.0. The van der Waals surface area contributed by atoms with Gasteiger partial charge in [-0.2, -0.15) is 0 Å². The van der Waals surface area contributed by atoms with Crippen LogP contribution in [-0.2, 0) is 9.53 Å². The van der Waals surface area contributed by atoms with Crippen LogP contribution in [0, 0.1) is 0 Å². The fourth-order valence-corrected chi connectivity index (χ4v) is 1.71. The largest absolute Gasteiger partial charge is 0.444 e. The number of carbonyl (C=O) groups excluding carboxylic acids is 2. The van der Waals surface area contributed by atoms with Crippen LogP contribution in [0.5, 0.6) is 0 Å². The summed E-state index contributed by atoms with van der Waals surface area (Å²) in [4.78, 5) is 25.3. The van der Waals surface area contributed by atoms with Crippen molar-refractivity contribution in [3.05, 3.63) is 0 Å². The first-order valence-electron chi connectivity index (χ1n) is 6.28.